The van der Waals surface area contributed by atoms with Gasteiger partial charge >= 0.3 is 0 Å². The molecular weight excluding hydrogens is 276 g/mol. The highest BCUT2D eigenvalue weighted by Gasteiger charge is 2.14. The summed E-state index contributed by atoms with van der Waals surface area (Å²) in [5.74, 6) is -0.126. The van der Waals surface area contributed by atoms with E-state index in [2.05, 4.69) is 20.8 Å². The van der Waals surface area contributed by atoms with E-state index in [-0.39, 0.29) is 5.91 Å². The Kier molecular flexibility index (Phi) is 4.04. The molecule has 0 aliphatic carbocycles. The minimum atomic E-state index is -0.126. The van der Waals surface area contributed by atoms with Crippen LogP contribution >= 0.6 is 0 Å². The first-order valence-electron chi connectivity index (χ1n) is 7.68. The van der Waals surface area contributed by atoms with Crippen LogP contribution in [0.4, 0.5) is 11.4 Å². The third-order valence-corrected chi connectivity index (χ3v) is 3.87. The second-order valence-corrected chi connectivity index (χ2v) is 5.56. The Labute approximate surface area is 130 Å². The van der Waals surface area contributed by atoms with Crippen LogP contribution in [0.2, 0.25) is 0 Å². The third-order valence-electron chi connectivity index (χ3n) is 3.87. The van der Waals surface area contributed by atoms with E-state index in [1.165, 1.54) is 11.3 Å². The largest absolute Gasteiger partial charge is 0.385 e. The molecule has 0 unspecified atom stereocenters. The molecule has 2 heterocycles. The van der Waals surface area contributed by atoms with E-state index in [0.717, 1.165) is 36.5 Å². The molecule has 0 fully saturated rings. The molecule has 1 amide bonds. The molecule has 1 aliphatic rings. The summed E-state index contributed by atoms with van der Waals surface area (Å²) in [4.78, 5) is 12.5. The predicted molar refractivity (Wildman–Crippen MR) is 87.4 cm³/mol. The second-order valence-electron chi connectivity index (χ2n) is 5.56. The van der Waals surface area contributed by atoms with Gasteiger partial charge in [-0.2, -0.15) is 10.2 Å². The molecule has 0 radical (unpaired) electrons. The van der Waals surface area contributed by atoms with Crippen molar-refractivity contribution < 1.29 is 4.79 Å². The highest BCUT2D eigenvalue weighted by Crippen LogP contribution is 2.25. The number of nitrogens with zero attached hydrogens (tertiary/aromatic N) is 2. The number of benzene rings is 1. The van der Waals surface area contributed by atoms with Gasteiger partial charge in [0.1, 0.15) is 0 Å². The van der Waals surface area contributed by atoms with Crippen molar-refractivity contribution >= 4 is 17.3 Å². The molecule has 1 aliphatic heterocycles. The van der Waals surface area contributed by atoms with Crippen LogP contribution in [0.1, 0.15) is 40.7 Å². The minimum Gasteiger partial charge on any atom is -0.385 e. The highest BCUT2D eigenvalue weighted by molar-refractivity contribution is 6.05. The Morgan fingerprint density at radius 3 is 3.00 bits per heavy atom. The summed E-state index contributed by atoms with van der Waals surface area (Å²) in [5.41, 5.74) is 5.32. The summed E-state index contributed by atoms with van der Waals surface area (Å²) in [7, 11) is 0. The first-order valence-corrected chi connectivity index (χ1v) is 7.68. The van der Waals surface area contributed by atoms with Gasteiger partial charge in [-0.15, -0.1) is 0 Å². The van der Waals surface area contributed by atoms with Crippen molar-refractivity contribution in [3.8, 4) is 0 Å². The van der Waals surface area contributed by atoms with Gasteiger partial charge in [0.25, 0.3) is 5.91 Å². The Morgan fingerprint density at radius 2 is 2.18 bits per heavy atom. The number of amides is 1. The number of carbonyl (C=O) groups excluding carboxylic acids is 1. The fraction of sp³-hybridized carbons (Fsp3) is 0.353. The second kappa shape index (κ2) is 6.13. The van der Waals surface area contributed by atoms with Crippen LogP contribution in [0.25, 0.3) is 0 Å². The minimum absolute atomic E-state index is 0.126. The molecule has 1 aromatic carbocycles. The van der Waals surface area contributed by atoms with E-state index < -0.39 is 0 Å². The summed E-state index contributed by atoms with van der Waals surface area (Å²) >= 11 is 0. The molecule has 0 saturated carbocycles. The summed E-state index contributed by atoms with van der Waals surface area (Å²) in [6.45, 7) is 4.83. The summed E-state index contributed by atoms with van der Waals surface area (Å²) in [6, 6.07) is 7.80. The van der Waals surface area contributed by atoms with Crippen molar-refractivity contribution in [2.24, 2.45) is 0 Å². The number of hydrogen-bond acceptors (Lipinski definition) is 4. The van der Waals surface area contributed by atoms with Crippen molar-refractivity contribution in [2.45, 2.75) is 33.1 Å². The molecule has 0 spiro atoms. The van der Waals surface area contributed by atoms with Gasteiger partial charge in [-0.05, 0) is 56.0 Å². The van der Waals surface area contributed by atoms with Gasteiger partial charge in [0.15, 0.2) is 0 Å². The summed E-state index contributed by atoms with van der Waals surface area (Å²) in [6.07, 6.45) is 2.85. The molecule has 5 heteroatoms. The highest BCUT2D eigenvalue weighted by atomic mass is 16.1. The number of aryl methyl sites for hydroxylation is 3. The molecule has 22 heavy (non-hydrogen) atoms. The van der Waals surface area contributed by atoms with Gasteiger partial charge in [-0.3, -0.25) is 4.79 Å². The normalized spacial score (nSPS) is 13.2. The first kappa shape index (κ1) is 14.5. The lowest BCUT2D eigenvalue weighted by Crippen LogP contribution is -2.17. The van der Waals surface area contributed by atoms with Gasteiger partial charge in [0.2, 0.25) is 0 Å². The maximum absolute atomic E-state index is 12.5. The third kappa shape index (κ3) is 2.93. The zero-order valence-corrected chi connectivity index (χ0v) is 12.9. The lowest BCUT2D eigenvalue weighted by atomic mass is 10.0. The van der Waals surface area contributed by atoms with E-state index in [0.29, 0.717) is 12.0 Å². The topological polar surface area (TPSA) is 66.9 Å². The number of fused-ring (bicyclic) bond motifs is 1. The molecular formula is C17H20N4O. The Balaban J connectivity index is 1.84. The van der Waals surface area contributed by atoms with Crippen molar-refractivity contribution in [2.75, 3.05) is 17.2 Å². The standard InChI is InChI=1S/C17H20N4O/c1-3-15-14(9-11(2)20-21-15)17(22)19-13-6-7-16-12(10-13)5-4-8-18-16/h6-7,9-10,18H,3-5,8H2,1-2H3,(H,19,22). The summed E-state index contributed by atoms with van der Waals surface area (Å²) < 4.78 is 0. The van der Waals surface area contributed by atoms with E-state index in [4.69, 9.17) is 0 Å². The average molecular weight is 296 g/mol. The molecule has 0 bridgehead atoms. The van der Waals surface area contributed by atoms with Gasteiger partial charge in [-0.25, -0.2) is 0 Å². The fourth-order valence-electron chi connectivity index (χ4n) is 2.72. The number of aromatic nitrogens is 2. The number of carbonyl (C=O) groups is 1. The van der Waals surface area contributed by atoms with E-state index in [1.54, 1.807) is 6.07 Å². The van der Waals surface area contributed by atoms with E-state index in [9.17, 15) is 4.79 Å². The monoisotopic (exact) mass is 296 g/mol. The quantitative estimate of drug-likeness (QED) is 0.914. The molecule has 0 atom stereocenters. The van der Waals surface area contributed by atoms with Crippen LogP contribution < -0.4 is 10.6 Å². The molecule has 114 valence electrons. The Hall–Kier alpha value is -2.43. The molecule has 5 nitrogen and oxygen atoms in total. The van der Waals surface area contributed by atoms with Crippen molar-refractivity contribution in [3.63, 3.8) is 0 Å². The molecule has 1 aromatic heterocycles. The van der Waals surface area contributed by atoms with E-state index >= 15 is 0 Å². The first-order chi connectivity index (χ1) is 10.7. The zero-order valence-electron chi connectivity index (χ0n) is 12.9. The molecule has 0 saturated heterocycles. The Morgan fingerprint density at radius 1 is 1.32 bits per heavy atom. The van der Waals surface area contributed by atoms with Crippen molar-refractivity contribution in [1.29, 1.82) is 0 Å². The smallest absolute Gasteiger partial charge is 0.257 e. The molecule has 2 aromatic rings. The number of anilines is 2. The van der Waals surface area contributed by atoms with Gasteiger partial charge in [0.05, 0.1) is 17.0 Å². The molecule has 2 N–H and O–H groups in total. The lowest BCUT2D eigenvalue weighted by molar-refractivity contribution is 0.102. The number of rotatable bonds is 3. The van der Waals surface area contributed by atoms with Gasteiger partial charge in [-0.1, -0.05) is 6.92 Å². The zero-order chi connectivity index (χ0) is 15.5. The Bertz CT molecular complexity index is 712. The number of hydrogen-bond donors (Lipinski definition) is 2. The summed E-state index contributed by atoms with van der Waals surface area (Å²) in [5, 5.41) is 14.5. The maximum atomic E-state index is 12.5. The van der Waals surface area contributed by atoms with Crippen LogP contribution in [0.5, 0.6) is 0 Å². The number of nitrogens with one attached hydrogen (secondary N) is 2. The van der Waals surface area contributed by atoms with E-state index in [1.807, 2.05) is 32.0 Å². The van der Waals surface area contributed by atoms with Crippen molar-refractivity contribution in [3.05, 3.63) is 46.8 Å². The van der Waals surface area contributed by atoms with Crippen molar-refractivity contribution in [1.82, 2.24) is 10.2 Å². The average Bonchev–Trinajstić information content (AvgIpc) is 2.54. The SMILES string of the molecule is CCc1nnc(C)cc1C(=O)Nc1ccc2c(c1)CCCN2. The maximum Gasteiger partial charge on any atom is 0.257 e. The van der Waals surface area contributed by atoms with Crippen LogP contribution in [-0.4, -0.2) is 22.6 Å². The van der Waals surface area contributed by atoms with Crippen LogP contribution in [0, 0.1) is 6.92 Å². The molecule has 3 rings (SSSR count). The fourth-order valence-corrected chi connectivity index (χ4v) is 2.72. The van der Waals surface area contributed by atoms with Gasteiger partial charge in [0, 0.05) is 17.9 Å². The van der Waals surface area contributed by atoms with Gasteiger partial charge < -0.3 is 10.6 Å². The predicted octanol–water partition coefficient (Wildman–Crippen LogP) is 2.96. The lowest BCUT2D eigenvalue weighted by Gasteiger charge is -2.19. The van der Waals surface area contributed by atoms with Crippen LogP contribution in [0.15, 0.2) is 24.3 Å². The van der Waals surface area contributed by atoms with Crippen LogP contribution in [0.3, 0.4) is 0 Å². The van der Waals surface area contributed by atoms with Crippen LogP contribution in [-0.2, 0) is 12.8 Å².